The lowest BCUT2D eigenvalue weighted by molar-refractivity contribution is -0.152. The molecule has 120 valence electrons. The number of carbonyl (C=O) groups is 2. The van der Waals surface area contributed by atoms with Crippen LogP contribution in [0, 0.1) is 5.41 Å². The van der Waals surface area contributed by atoms with Crippen LogP contribution in [0.15, 0.2) is 0 Å². The lowest BCUT2D eigenvalue weighted by Crippen LogP contribution is -2.52. The molecule has 1 unspecified atom stereocenters. The zero-order valence-electron chi connectivity index (χ0n) is 13.0. The first kappa shape index (κ1) is 16.5. The monoisotopic (exact) mass is 314 g/mol. The van der Waals surface area contributed by atoms with Crippen LogP contribution in [0.3, 0.4) is 0 Å². The second kappa shape index (κ2) is 6.90. The number of piperidine rings is 1. The molecule has 0 bridgehead atoms. The Bertz CT molecular complexity index is 388. The van der Waals surface area contributed by atoms with Crippen LogP contribution in [-0.2, 0) is 4.79 Å². The van der Waals surface area contributed by atoms with Gasteiger partial charge in [0.15, 0.2) is 0 Å². The van der Waals surface area contributed by atoms with Crippen molar-refractivity contribution >= 4 is 23.8 Å². The first-order valence-corrected chi connectivity index (χ1v) is 8.98. The van der Waals surface area contributed by atoms with Crippen LogP contribution in [0.1, 0.15) is 39.0 Å². The van der Waals surface area contributed by atoms with Crippen molar-refractivity contribution in [3.63, 3.8) is 0 Å². The topological polar surface area (TPSA) is 60.9 Å². The molecule has 2 fully saturated rings. The number of rotatable bonds is 4. The van der Waals surface area contributed by atoms with E-state index in [1.54, 1.807) is 0 Å². The largest absolute Gasteiger partial charge is 0.481 e. The summed E-state index contributed by atoms with van der Waals surface area (Å²) in [5.74, 6) is 1.45. The average molecular weight is 314 g/mol. The van der Waals surface area contributed by atoms with E-state index in [0.29, 0.717) is 38.4 Å². The maximum Gasteiger partial charge on any atom is 0.320 e. The number of nitrogens with zero attached hydrogens (tertiary/aromatic N) is 2. The third-order valence-corrected chi connectivity index (χ3v) is 6.07. The Balaban J connectivity index is 1.93. The highest BCUT2D eigenvalue weighted by atomic mass is 32.2. The fraction of sp³-hybridized carbons (Fsp3) is 0.867. The van der Waals surface area contributed by atoms with Crippen molar-refractivity contribution in [3.05, 3.63) is 0 Å². The maximum absolute atomic E-state index is 12.5. The van der Waals surface area contributed by atoms with Gasteiger partial charge in [0.25, 0.3) is 0 Å². The summed E-state index contributed by atoms with van der Waals surface area (Å²) < 4.78 is 0. The Morgan fingerprint density at radius 1 is 1.38 bits per heavy atom. The zero-order valence-corrected chi connectivity index (χ0v) is 13.8. The predicted octanol–water partition coefficient (Wildman–Crippen LogP) is 2.51. The van der Waals surface area contributed by atoms with Gasteiger partial charge in [-0.15, -0.1) is 0 Å². The number of aliphatic carboxylic acids is 1. The molecular weight excluding hydrogens is 288 g/mol. The third kappa shape index (κ3) is 3.47. The lowest BCUT2D eigenvalue weighted by atomic mass is 9.75. The van der Waals surface area contributed by atoms with Crippen LogP contribution >= 0.6 is 11.8 Å². The van der Waals surface area contributed by atoms with Crippen molar-refractivity contribution in [2.45, 2.75) is 45.1 Å². The number of hydrogen-bond acceptors (Lipinski definition) is 3. The molecule has 2 rings (SSSR count). The van der Waals surface area contributed by atoms with Gasteiger partial charge in [0.2, 0.25) is 0 Å². The number of urea groups is 1. The molecule has 0 aromatic carbocycles. The van der Waals surface area contributed by atoms with Gasteiger partial charge >= 0.3 is 12.0 Å². The highest BCUT2D eigenvalue weighted by Gasteiger charge is 2.42. The van der Waals surface area contributed by atoms with E-state index >= 15 is 0 Å². The number of likely N-dealkylation sites (tertiary alicyclic amines) is 1. The van der Waals surface area contributed by atoms with Crippen molar-refractivity contribution in [1.29, 1.82) is 0 Å². The minimum absolute atomic E-state index is 0.0676. The summed E-state index contributed by atoms with van der Waals surface area (Å²) in [5.41, 5.74) is -0.618. The van der Waals surface area contributed by atoms with Crippen LogP contribution in [0.2, 0.25) is 0 Å². The van der Waals surface area contributed by atoms with Gasteiger partial charge in [-0.05, 0) is 31.4 Å². The SMILES string of the molecule is CCCC1(C(=O)O)CCN(C(=O)N(C)C2CCSC2)CC1. The van der Waals surface area contributed by atoms with Crippen molar-refractivity contribution in [2.75, 3.05) is 31.6 Å². The van der Waals surface area contributed by atoms with Gasteiger partial charge in [-0.1, -0.05) is 13.3 Å². The van der Waals surface area contributed by atoms with Crippen LogP contribution in [0.25, 0.3) is 0 Å². The maximum atomic E-state index is 12.5. The van der Waals surface area contributed by atoms with Gasteiger partial charge in [-0.2, -0.15) is 11.8 Å². The Kier molecular flexibility index (Phi) is 5.41. The van der Waals surface area contributed by atoms with Crippen LogP contribution in [-0.4, -0.2) is 64.6 Å². The van der Waals surface area contributed by atoms with Gasteiger partial charge < -0.3 is 14.9 Å². The zero-order chi connectivity index (χ0) is 15.5. The Labute approximate surface area is 131 Å². The van der Waals surface area contributed by atoms with Crippen molar-refractivity contribution < 1.29 is 14.7 Å². The van der Waals surface area contributed by atoms with Gasteiger partial charge in [0, 0.05) is 31.9 Å². The summed E-state index contributed by atoms with van der Waals surface area (Å²) in [6.45, 7) is 3.15. The summed E-state index contributed by atoms with van der Waals surface area (Å²) in [7, 11) is 1.88. The van der Waals surface area contributed by atoms with E-state index in [4.69, 9.17) is 0 Å². The lowest BCUT2D eigenvalue weighted by Gasteiger charge is -2.40. The number of carboxylic acids is 1. The van der Waals surface area contributed by atoms with E-state index in [9.17, 15) is 14.7 Å². The van der Waals surface area contributed by atoms with Gasteiger partial charge in [-0.3, -0.25) is 4.79 Å². The molecule has 2 saturated heterocycles. The van der Waals surface area contributed by atoms with Gasteiger partial charge in [0.05, 0.1) is 5.41 Å². The summed E-state index contributed by atoms with van der Waals surface area (Å²) in [4.78, 5) is 27.8. The summed E-state index contributed by atoms with van der Waals surface area (Å²) in [6, 6.07) is 0.405. The number of carboxylic acid groups (broad SMARTS) is 1. The molecular formula is C15H26N2O3S. The van der Waals surface area contributed by atoms with E-state index < -0.39 is 11.4 Å². The molecule has 0 aromatic heterocycles. The molecule has 0 saturated carbocycles. The molecule has 2 aliphatic rings. The minimum Gasteiger partial charge on any atom is -0.481 e. The van der Waals surface area contributed by atoms with Crippen LogP contribution < -0.4 is 0 Å². The number of hydrogen-bond donors (Lipinski definition) is 1. The molecule has 2 aliphatic heterocycles. The van der Waals surface area contributed by atoms with E-state index in [2.05, 4.69) is 0 Å². The molecule has 0 radical (unpaired) electrons. The smallest absolute Gasteiger partial charge is 0.320 e. The normalized spacial score (nSPS) is 24.9. The molecule has 6 heteroatoms. The van der Waals surface area contributed by atoms with E-state index in [-0.39, 0.29) is 6.03 Å². The van der Waals surface area contributed by atoms with Crippen LogP contribution in [0.5, 0.6) is 0 Å². The number of carbonyl (C=O) groups excluding carboxylic acids is 1. The highest BCUT2D eigenvalue weighted by molar-refractivity contribution is 7.99. The standard InChI is InChI=1S/C15H26N2O3S/c1-3-5-15(13(18)19)6-8-17(9-7-15)14(20)16(2)12-4-10-21-11-12/h12H,3-11H2,1-2H3,(H,18,19). The van der Waals surface area contributed by atoms with Gasteiger partial charge in [-0.25, -0.2) is 4.79 Å². The molecule has 0 spiro atoms. The first-order valence-electron chi connectivity index (χ1n) is 7.83. The van der Waals surface area contributed by atoms with Crippen molar-refractivity contribution in [2.24, 2.45) is 5.41 Å². The molecule has 1 N–H and O–H groups in total. The molecule has 2 amide bonds. The average Bonchev–Trinajstić information content (AvgIpc) is 3.01. The van der Waals surface area contributed by atoms with E-state index in [0.717, 1.165) is 24.3 Å². The van der Waals surface area contributed by atoms with Gasteiger partial charge in [0.1, 0.15) is 0 Å². The number of thioether (sulfide) groups is 1. The fourth-order valence-electron chi connectivity index (χ4n) is 3.38. The van der Waals surface area contributed by atoms with Crippen molar-refractivity contribution in [1.82, 2.24) is 9.80 Å². The molecule has 2 heterocycles. The summed E-state index contributed by atoms with van der Waals surface area (Å²) in [6.07, 6.45) is 3.80. The van der Waals surface area contributed by atoms with E-state index in [1.165, 1.54) is 0 Å². The second-order valence-corrected chi connectivity index (χ2v) is 7.38. The molecule has 21 heavy (non-hydrogen) atoms. The fourth-order valence-corrected chi connectivity index (χ4v) is 4.65. The quantitative estimate of drug-likeness (QED) is 0.866. The first-order chi connectivity index (χ1) is 10.00. The minimum atomic E-state index is -0.697. The Morgan fingerprint density at radius 2 is 2.05 bits per heavy atom. The highest BCUT2D eigenvalue weighted by Crippen LogP contribution is 2.37. The van der Waals surface area contributed by atoms with E-state index in [1.807, 2.05) is 35.5 Å². The third-order valence-electron chi connectivity index (χ3n) is 4.93. The second-order valence-electron chi connectivity index (χ2n) is 6.23. The molecule has 1 atom stereocenters. The molecule has 5 nitrogen and oxygen atoms in total. The Hall–Kier alpha value is -0.910. The molecule has 0 aromatic rings. The summed E-state index contributed by atoms with van der Waals surface area (Å²) in [5, 5.41) is 9.51. The molecule has 0 aliphatic carbocycles. The predicted molar refractivity (Wildman–Crippen MR) is 84.7 cm³/mol. The van der Waals surface area contributed by atoms with Crippen LogP contribution in [0.4, 0.5) is 4.79 Å². The number of amides is 2. The Morgan fingerprint density at radius 3 is 2.52 bits per heavy atom. The summed E-state index contributed by atoms with van der Waals surface area (Å²) >= 11 is 1.89. The van der Waals surface area contributed by atoms with Crippen molar-refractivity contribution in [3.8, 4) is 0 Å².